The summed E-state index contributed by atoms with van der Waals surface area (Å²) in [6, 6.07) is 3.80. The molecule has 0 radical (unpaired) electrons. The number of anilines is 1. The normalized spacial score (nSPS) is 10.4. The molecule has 19 heavy (non-hydrogen) atoms. The molecule has 1 heterocycles. The highest BCUT2D eigenvalue weighted by Crippen LogP contribution is 2.13. The van der Waals surface area contributed by atoms with Gasteiger partial charge in [-0.3, -0.25) is 0 Å². The van der Waals surface area contributed by atoms with Crippen molar-refractivity contribution in [3.63, 3.8) is 0 Å². The summed E-state index contributed by atoms with van der Waals surface area (Å²) in [7, 11) is 0. The number of carbonyl (C=O) groups is 1. The van der Waals surface area contributed by atoms with Crippen LogP contribution in [0.2, 0.25) is 0 Å². The van der Waals surface area contributed by atoms with Gasteiger partial charge in [0.15, 0.2) is 12.4 Å². The Kier molecular flexibility index (Phi) is 3.74. The first kappa shape index (κ1) is 13.0. The number of rotatable bonds is 4. The van der Waals surface area contributed by atoms with Crippen LogP contribution in [0.1, 0.15) is 23.1 Å². The van der Waals surface area contributed by atoms with Crippen molar-refractivity contribution in [3.8, 4) is 0 Å². The summed E-state index contributed by atoms with van der Waals surface area (Å²) >= 11 is 0. The Labute approximate surface area is 109 Å². The molecule has 0 spiro atoms. The Morgan fingerprint density at radius 1 is 1.53 bits per heavy atom. The zero-order valence-electron chi connectivity index (χ0n) is 10.3. The van der Waals surface area contributed by atoms with Gasteiger partial charge in [-0.2, -0.15) is 5.10 Å². The minimum Gasteiger partial charge on any atom is -0.454 e. The minimum absolute atomic E-state index is 0.0590. The molecule has 0 atom stereocenters. The molecule has 2 rings (SSSR count). The average molecular weight is 264 g/mol. The number of nitrogens with zero attached hydrogens (tertiary/aromatic N) is 3. The van der Waals surface area contributed by atoms with Crippen LogP contribution in [0.15, 0.2) is 24.5 Å². The number of esters is 1. The Morgan fingerprint density at radius 2 is 2.32 bits per heavy atom. The highest BCUT2D eigenvalue weighted by Gasteiger charge is 2.14. The molecule has 0 aliphatic rings. The van der Waals surface area contributed by atoms with Crippen LogP contribution in [-0.2, 0) is 17.9 Å². The third-order valence-electron chi connectivity index (χ3n) is 2.54. The van der Waals surface area contributed by atoms with Gasteiger partial charge in [0.2, 0.25) is 0 Å². The van der Waals surface area contributed by atoms with Crippen LogP contribution >= 0.6 is 0 Å². The second-order valence-electron chi connectivity index (χ2n) is 3.81. The quantitative estimate of drug-likeness (QED) is 0.666. The summed E-state index contributed by atoms with van der Waals surface area (Å²) in [5.74, 6) is -0.961. The number of halogens is 1. The topological polar surface area (TPSA) is 83.0 Å². The van der Waals surface area contributed by atoms with Gasteiger partial charge in [0.25, 0.3) is 0 Å². The first-order valence-electron chi connectivity index (χ1n) is 5.70. The van der Waals surface area contributed by atoms with Crippen LogP contribution in [0.4, 0.5) is 10.1 Å². The summed E-state index contributed by atoms with van der Waals surface area (Å²) in [5.41, 5.74) is 5.50. The fourth-order valence-corrected chi connectivity index (χ4v) is 1.57. The summed E-state index contributed by atoms with van der Waals surface area (Å²) in [4.78, 5) is 15.7. The van der Waals surface area contributed by atoms with E-state index in [-0.39, 0.29) is 17.9 Å². The fraction of sp³-hybridized carbons (Fsp3) is 0.250. The number of nitrogens with two attached hydrogens (primary N) is 1. The van der Waals surface area contributed by atoms with Crippen molar-refractivity contribution in [1.82, 2.24) is 14.8 Å². The summed E-state index contributed by atoms with van der Waals surface area (Å²) < 4.78 is 20.1. The molecule has 100 valence electrons. The SMILES string of the molecule is CCn1ncnc1COC(=O)c1ccc(N)cc1F. The third kappa shape index (κ3) is 2.87. The van der Waals surface area contributed by atoms with Gasteiger partial charge in [-0.1, -0.05) is 0 Å². The van der Waals surface area contributed by atoms with Crippen LogP contribution in [-0.4, -0.2) is 20.7 Å². The van der Waals surface area contributed by atoms with Gasteiger partial charge in [0.1, 0.15) is 12.1 Å². The number of hydrogen-bond acceptors (Lipinski definition) is 5. The Balaban J connectivity index is 2.05. The van der Waals surface area contributed by atoms with Crippen molar-refractivity contribution in [2.45, 2.75) is 20.1 Å². The lowest BCUT2D eigenvalue weighted by Crippen LogP contribution is -2.11. The van der Waals surface area contributed by atoms with Crippen molar-refractivity contribution >= 4 is 11.7 Å². The van der Waals surface area contributed by atoms with Crippen molar-refractivity contribution in [2.24, 2.45) is 0 Å². The number of nitrogen functional groups attached to an aromatic ring is 1. The van der Waals surface area contributed by atoms with E-state index in [1.54, 1.807) is 4.68 Å². The summed E-state index contributed by atoms with van der Waals surface area (Å²) in [5, 5.41) is 3.94. The predicted molar refractivity (Wildman–Crippen MR) is 65.6 cm³/mol. The minimum atomic E-state index is -0.761. The van der Waals surface area contributed by atoms with E-state index in [4.69, 9.17) is 10.5 Å². The highest BCUT2D eigenvalue weighted by atomic mass is 19.1. The van der Waals surface area contributed by atoms with Crippen molar-refractivity contribution in [3.05, 3.63) is 41.7 Å². The lowest BCUT2D eigenvalue weighted by atomic mass is 10.2. The molecule has 0 saturated carbocycles. The van der Waals surface area contributed by atoms with Crippen LogP contribution in [0, 0.1) is 5.82 Å². The van der Waals surface area contributed by atoms with Gasteiger partial charge in [0.05, 0.1) is 5.56 Å². The molecule has 0 bridgehead atoms. The fourth-order valence-electron chi connectivity index (χ4n) is 1.57. The monoisotopic (exact) mass is 264 g/mol. The summed E-state index contributed by atoms with van der Waals surface area (Å²) in [6.45, 7) is 2.44. The first-order valence-corrected chi connectivity index (χ1v) is 5.70. The van der Waals surface area contributed by atoms with Crippen molar-refractivity contribution in [1.29, 1.82) is 0 Å². The zero-order chi connectivity index (χ0) is 13.8. The first-order chi connectivity index (χ1) is 9.11. The summed E-state index contributed by atoms with van der Waals surface area (Å²) in [6.07, 6.45) is 1.37. The molecule has 0 fully saturated rings. The third-order valence-corrected chi connectivity index (χ3v) is 2.54. The molecular formula is C12H13FN4O2. The molecule has 0 unspecified atom stereocenters. The molecule has 2 aromatic rings. The molecule has 0 amide bonds. The molecule has 6 nitrogen and oxygen atoms in total. The maximum atomic E-state index is 13.5. The van der Waals surface area contributed by atoms with Gasteiger partial charge in [0, 0.05) is 12.2 Å². The molecule has 0 saturated heterocycles. The van der Waals surface area contributed by atoms with Crippen LogP contribution in [0.5, 0.6) is 0 Å². The molecule has 0 aliphatic carbocycles. The second kappa shape index (κ2) is 5.47. The lowest BCUT2D eigenvalue weighted by Gasteiger charge is -2.06. The van der Waals surface area contributed by atoms with E-state index in [9.17, 15) is 9.18 Å². The highest BCUT2D eigenvalue weighted by molar-refractivity contribution is 5.90. The van der Waals surface area contributed by atoms with E-state index >= 15 is 0 Å². The Bertz CT molecular complexity index is 597. The maximum Gasteiger partial charge on any atom is 0.341 e. The Morgan fingerprint density at radius 3 is 3.00 bits per heavy atom. The number of hydrogen-bond donors (Lipinski definition) is 1. The van der Waals surface area contributed by atoms with Gasteiger partial charge in [-0.05, 0) is 25.1 Å². The molecule has 2 N–H and O–H groups in total. The number of ether oxygens (including phenoxy) is 1. The van der Waals surface area contributed by atoms with E-state index in [0.717, 1.165) is 6.07 Å². The van der Waals surface area contributed by atoms with Gasteiger partial charge >= 0.3 is 5.97 Å². The number of benzene rings is 1. The van der Waals surface area contributed by atoms with E-state index in [1.807, 2.05) is 6.92 Å². The molecule has 1 aromatic heterocycles. The van der Waals surface area contributed by atoms with Crippen LogP contribution < -0.4 is 5.73 Å². The number of aromatic nitrogens is 3. The molecule has 7 heteroatoms. The van der Waals surface area contributed by atoms with Crippen molar-refractivity contribution in [2.75, 3.05) is 5.73 Å². The van der Waals surface area contributed by atoms with E-state index in [0.29, 0.717) is 12.4 Å². The van der Waals surface area contributed by atoms with E-state index in [1.165, 1.54) is 18.5 Å². The zero-order valence-corrected chi connectivity index (χ0v) is 10.3. The second-order valence-corrected chi connectivity index (χ2v) is 3.81. The number of carbonyl (C=O) groups excluding carboxylic acids is 1. The largest absolute Gasteiger partial charge is 0.454 e. The van der Waals surface area contributed by atoms with E-state index in [2.05, 4.69) is 10.1 Å². The van der Waals surface area contributed by atoms with Gasteiger partial charge in [-0.15, -0.1) is 0 Å². The molecule has 1 aromatic carbocycles. The van der Waals surface area contributed by atoms with Crippen LogP contribution in [0.3, 0.4) is 0 Å². The average Bonchev–Trinajstić information content (AvgIpc) is 2.83. The van der Waals surface area contributed by atoms with Crippen molar-refractivity contribution < 1.29 is 13.9 Å². The standard InChI is InChI=1S/C12H13FN4O2/c1-2-17-11(15-7-16-17)6-19-12(18)9-4-3-8(14)5-10(9)13/h3-5,7H,2,6,14H2,1H3. The predicted octanol–water partition coefficient (Wildman–Crippen LogP) is 1.38. The van der Waals surface area contributed by atoms with E-state index < -0.39 is 11.8 Å². The van der Waals surface area contributed by atoms with Gasteiger partial charge in [-0.25, -0.2) is 18.9 Å². The van der Waals surface area contributed by atoms with Gasteiger partial charge < -0.3 is 10.5 Å². The molecule has 0 aliphatic heterocycles. The maximum absolute atomic E-state index is 13.5. The smallest absolute Gasteiger partial charge is 0.341 e. The lowest BCUT2D eigenvalue weighted by molar-refractivity contribution is 0.0451. The molecular weight excluding hydrogens is 251 g/mol. The number of aryl methyl sites for hydroxylation is 1. The Hall–Kier alpha value is -2.44. The van der Waals surface area contributed by atoms with Crippen LogP contribution in [0.25, 0.3) is 0 Å².